The van der Waals surface area contributed by atoms with E-state index in [2.05, 4.69) is 37.2 Å². The van der Waals surface area contributed by atoms with Gasteiger partial charge >= 0.3 is 0 Å². The lowest BCUT2D eigenvalue weighted by Crippen LogP contribution is -2.08. The molecule has 1 unspecified atom stereocenters. The fourth-order valence-electron chi connectivity index (χ4n) is 1.91. The average molecular weight is 403 g/mol. The van der Waals surface area contributed by atoms with Crippen molar-refractivity contribution in [2.75, 3.05) is 12.4 Å². The van der Waals surface area contributed by atoms with Crippen molar-refractivity contribution in [2.24, 2.45) is 0 Å². The number of anilines is 1. The second-order valence-corrected chi connectivity index (χ2v) is 6.15. The highest BCUT2D eigenvalue weighted by Crippen LogP contribution is 2.30. The van der Waals surface area contributed by atoms with Crippen LogP contribution in [-0.4, -0.2) is 7.11 Å². The second-order valence-electron chi connectivity index (χ2n) is 4.38. The first-order valence-electron chi connectivity index (χ1n) is 6.06. The predicted octanol–water partition coefficient (Wildman–Crippen LogP) is 5.53. The summed E-state index contributed by atoms with van der Waals surface area (Å²) in [7, 11) is 1.56. The van der Waals surface area contributed by atoms with E-state index in [1.807, 2.05) is 25.1 Å². The number of halogens is 3. The lowest BCUT2D eigenvalue weighted by Gasteiger charge is -2.18. The van der Waals surface area contributed by atoms with Gasteiger partial charge in [-0.3, -0.25) is 0 Å². The van der Waals surface area contributed by atoms with Crippen molar-refractivity contribution >= 4 is 37.5 Å². The van der Waals surface area contributed by atoms with Crippen molar-refractivity contribution < 1.29 is 9.13 Å². The molecule has 0 aromatic heterocycles. The molecule has 0 fully saturated rings. The van der Waals surface area contributed by atoms with Gasteiger partial charge in [0.05, 0.1) is 12.8 Å². The molecular formula is C15H14Br2FNO. The molecule has 1 N–H and O–H groups in total. The van der Waals surface area contributed by atoms with Crippen LogP contribution in [0.25, 0.3) is 0 Å². The standard InChI is InChI=1S/C15H14Br2FNO/c1-9(12-5-3-10(16)7-13(12)17)19-15-8-11(20-2)4-6-14(15)18/h3-9,19H,1-2H3. The molecular weight excluding hydrogens is 389 g/mol. The number of methoxy groups -OCH3 is 1. The van der Waals surface area contributed by atoms with Crippen LogP contribution < -0.4 is 10.1 Å². The quantitative estimate of drug-likeness (QED) is 0.725. The van der Waals surface area contributed by atoms with E-state index < -0.39 is 0 Å². The first-order valence-corrected chi connectivity index (χ1v) is 7.65. The molecule has 2 aromatic carbocycles. The molecule has 20 heavy (non-hydrogen) atoms. The Morgan fingerprint density at radius 3 is 2.55 bits per heavy atom. The summed E-state index contributed by atoms with van der Waals surface area (Å²) in [6.07, 6.45) is 0. The predicted molar refractivity (Wildman–Crippen MR) is 86.8 cm³/mol. The topological polar surface area (TPSA) is 21.3 Å². The summed E-state index contributed by atoms with van der Waals surface area (Å²) in [5, 5.41) is 3.16. The third kappa shape index (κ3) is 3.52. The Morgan fingerprint density at radius 2 is 1.90 bits per heavy atom. The van der Waals surface area contributed by atoms with Crippen molar-refractivity contribution in [1.82, 2.24) is 0 Å². The van der Waals surface area contributed by atoms with Gasteiger partial charge in [0.2, 0.25) is 0 Å². The maximum Gasteiger partial charge on any atom is 0.146 e. The van der Waals surface area contributed by atoms with Crippen LogP contribution in [0.4, 0.5) is 10.1 Å². The molecule has 0 heterocycles. The third-order valence-corrected chi connectivity index (χ3v) is 4.15. The lowest BCUT2D eigenvalue weighted by molar-refractivity contribution is 0.414. The fraction of sp³-hybridized carbons (Fsp3) is 0.200. The zero-order valence-corrected chi connectivity index (χ0v) is 14.3. The normalized spacial score (nSPS) is 12.1. The van der Waals surface area contributed by atoms with Gasteiger partial charge in [-0.25, -0.2) is 4.39 Å². The Kier molecular flexibility index (Phi) is 5.05. The second kappa shape index (κ2) is 6.59. The van der Waals surface area contributed by atoms with E-state index in [1.165, 1.54) is 6.07 Å². The van der Waals surface area contributed by atoms with Crippen molar-refractivity contribution in [1.29, 1.82) is 0 Å². The number of benzene rings is 2. The average Bonchev–Trinajstić information content (AvgIpc) is 2.41. The summed E-state index contributed by atoms with van der Waals surface area (Å²) >= 11 is 6.94. The Labute approximate surface area is 134 Å². The SMILES string of the molecule is COc1ccc(F)c(NC(C)c2ccc(Br)cc2Br)c1. The summed E-state index contributed by atoms with van der Waals surface area (Å²) < 4.78 is 20.9. The zero-order valence-electron chi connectivity index (χ0n) is 11.1. The summed E-state index contributed by atoms with van der Waals surface area (Å²) in [5.41, 5.74) is 1.47. The number of hydrogen-bond acceptors (Lipinski definition) is 2. The summed E-state index contributed by atoms with van der Waals surface area (Å²) in [4.78, 5) is 0. The molecule has 0 amide bonds. The summed E-state index contributed by atoms with van der Waals surface area (Å²) in [6, 6.07) is 10.5. The van der Waals surface area contributed by atoms with E-state index in [-0.39, 0.29) is 11.9 Å². The first-order chi connectivity index (χ1) is 9.51. The molecule has 5 heteroatoms. The minimum atomic E-state index is -0.300. The molecule has 0 radical (unpaired) electrons. The molecule has 1 atom stereocenters. The van der Waals surface area contributed by atoms with E-state index in [0.717, 1.165) is 14.5 Å². The molecule has 106 valence electrons. The van der Waals surface area contributed by atoms with Crippen molar-refractivity contribution in [2.45, 2.75) is 13.0 Å². The van der Waals surface area contributed by atoms with Crippen LogP contribution in [0.15, 0.2) is 45.3 Å². The van der Waals surface area contributed by atoms with Crippen molar-refractivity contribution in [3.8, 4) is 5.75 Å². The van der Waals surface area contributed by atoms with Crippen LogP contribution in [0.5, 0.6) is 5.75 Å². The molecule has 2 rings (SSSR count). The molecule has 0 aliphatic carbocycles. The fourth-order valence-corrected chi connectivity index (χ4v) is 3.30. The molecule has 2 aromatic rings. The van der Waals surface area contributed by atoms with Crippen LogP contribution >= 0.6 is 31.9 Å². The Morgan fingerprint density at radius 1 is 1.15 bits per heavy atom. The van der Waals surface area contributed by atoms with Crippen LogP contribution in [0.1, 0.15) is 18.5 Å². The van der Waals surface area contributed by atoms with Crippen LogP contribution in [0.3, 0.4) is 0 Å². The monoisotopic (exact) mass is 401 g/mol. The van der Waals surface area contributed by atoms with Gasteiger partial charge in [-0.05, 0) is 36.8 Å². The number of nitrogens with one attached hydrogen (secondary N) is 1. The lowest BCUT2D eigenvalue weighted by atomic mass is 10.1. The minimum Gasteiger partial charge on any atom is -0.497 e. The molecule has 2 nitrogen and oxygen atoms in total. The minimum absolute atomic E-state index is 0.0425. The van der Waals surface area contributed by atoms with Gasteiger partial charge in [0.1, 0.15) is 11.6 Å². The van der Waals surface area contributed by atoms with Crippen molar-refractivity contribution in [3.05, 3.63) is 56.7 Å². The number of hydrogen-bond donors (Lipinski definition) is 1. The highest BCUT2D eigenvalue weighted by atomic mass is 79.9. The van der Waals surface area contributed by atoms with Gasteiger partial charge < -0.3 is 10.1 Å². The van der Waals surface area contributed by atoms with Gasteiger partial charge in [-0.2, -0.15) is 0 Å². The smallest absolute Gasteiger partial charge is 0.146 e. The number of rotatable bonds is 4. The Balaban J connectivity index is 2.25. The number of ether oxygens (including phenoxy) is 1. The van der Waals surface area contributed by atoms with Crippen LogP contribution in [-0.2, 0) is 0 Å². The van der Waals surface area contributed by atoms with E-state index >= 15 is 0 Å². The van der Waals surface area contributed by atoms with Gasteiger partial charge in [-0.1, -0.05) is 37.9 Å². The highest BCUT2D eigenvalue weighted by Gasteiger charge is 2.12. The maximum atomic E-state index is 13.8. The molecule has 0 bridgehead atoms. The summed E-state index contributed by atoms with van der Waals surface area (Å²) in [6.45, 7) is 1.98. The van der Waals surface area contributed by atoms with E-state index in [1.54, 1.807) is 19.2 Å². The van der Waals surface area contributed by atoms with E-state index in [0.29, 0.717) is 11.4 Å². The Bertz CT molecular complexity index is 619. The van der Waals surface area contributed by atoms with E-state index in [4.69, 9.17) is 4.74 Å². The molecule has 0 aliphatic heterocycles. The molecule has 0 saturated carbocycles. The van der Waals surface area contributed by atoms with Crippen LogP contribution in [0.2, 0.25) is 0 Å². The van der Waals surface area contributed by atoms with Gasteiger partial charge in [0.25, 0.3) is 0 Å². The molecule has 0 aliphatic rings. The highest BCUT2D eigenvalue weighted by molar-refractivity contribution is 9.11. The van der Waals surface area contributed by atoms with Crippen molar-refractivity contribution in [3.63, 3.8) is 0 Å². The van der Waals surface area contributed by atoms with Gasteiger partial charge in [0.15, 0.2) is 0 Å². The van der Waals surface area contributed by atoms with E-state index in [9.17, 15) is 4.39 Å². The zero-order chi connectivity index (χ0) is 14.7. The summed E-state index contributed by atoms with van der Waals surface area (Å²) in [5.74, 6) is 0.321. The third-order valence-electron chi connectivity index (χ3n) is 2.97. The van der Waals surface area contributed by atoms with Gasteiger partial charge in [-0.15, -0.1) is 0 Å². The van der Waals surface area contributed by atoms with Gasteiger partial charge in [0, 0.05) is 21.1 Å². The maximum absolute atomic E-state index is 13.8. The largest absolute Gasteiger partial charge is 0.497 e. The van der Waals surface area contributed by atoms with Crippen LogP contribution in [0, 0.1) is 5.82 Å². The first kappa shape index (κ1) is 15.3. The molecule has 0 saturated heterocycles. The Hall–Kier alpha value is -1.07. The molecule has 0 spiro atoms.